The van der Waals surface area contributed by atoms with Crippen molar-refractivity contribution in [1.82, 2.24) is 9.97 Å². The first-order chi connectivity index (χ1) is 12.6. The van der Waals surface area contributed by atoms with Gasteiger partial charge in [0.1, 0.15) is 12.4 Å². The number of rotatable bonds is 6. The van der Waals surface area contributed by atoms with Crippen LogP contribution in [0.2, 0.25) is 5.02 Å². The van der Waals surface area contributed by atoms with Crippen molar-refractivity contribution in [1.29, 1.82) is 0 Å². The highest BCUT2D eigenvalue weighted by Gasteiger charge is 2.14. The fourth-order valence-corrected chi connectivity index (χ4v) is 2.25. The Balaban J connectivity index is 1.79. The molecule has 0 saturated heterocycles. The molecule has 2 aromatic heterocycles. The minimum absolute atomic E-state index is 0.000478. The van der Waals surface area contributed by atoms with Gasteiger partial charge in [0.2, 0.25) is 5.95 Å². The number of carbonyl (C=O) groups is 2. The fraction of sp³-hybridized carbons (Fsp3) is 0. The number of nitrogens with one attached hydrogen (secondary N) is 2. The van der Waals surface area contributed by atoms with Crippen molar-refractivity contribution in [2.45, 2.75) is 0 Å². The van der Waals surface area contributed by atoms with Crippen molar-refractivity contribution in [3.8, 4) is 11.1 Å². The maximum absolute atomic E-state index is 13.0. The maximum Gasteiger partial charge on any atom is 0.329 e. The van der Waals surface area contributed by atoms with Crippen LogP contribution in [0.3, 0.4) is 0 Å². The summed E-state index contributed by atoms with van der Waals surface area (Å²) in [6.45, 7) is 0. The summed E-state index contributed by atoms with van der Waals surface area (Å²) < 4.78 is 18.0. The molecule has 0 bridgehead atoms. The fourth-order valence-electron chi connectivity index (χ4n) is 2.08. The third-order valence-electron chi connectivity index (χ3n) is 3.29. The zero-order chi connectivity index (χ0) is 18.5. The number of aromatic nitrogens is 2. The average Bonchev–Trinajstić information content (AvgIpc) is 3.11. The number of carbonyl (C=O) groups excluding carboxylic acids is 2. The predicted molar refractivity (Wildman–Crippen MR) is 95.2 cm³/mol. The summed E-state index contributed by atoms with van der Waals surface area (Å²) in [4.78, 5) is 30.0. The highest BCUT2D eigenvalue weighted by atomic mass is 35.5. The molecule has 1 amide bonds. The van der Waals surface area contributed by atoms with Gasteiger partial charge >= 0.3 is 7.41 Å². The molecular formula is C16H10BClFN4O3. The van der Waals surface area contributed by atoms with E-state index in [9.17, 15) is 14.0 Å². The van der Waals surface area contributed by atoms with Gasteiger partial charge < -0.3 is 19.8 Å². The number of benzene rings is 1. The number of oxazole rings is 1. The molecule has 0 aliphatic heterocycles. The molecule has 0 aliphatic carbocycles. The Kier molecular flexibility index (Phi) is 5.28. The molecule has 7 nitrogen and oxygen atoms in total. The minimum Gasteiger partial charge on any atom is -0.432 e. The first-order valence-corrected chi connectivity index (χ1v) is 7.66. The molecular weight excluding hydrogens is 361 g/mol. The van der Waals surface area contributed by atoms with E-state index in [1.165, 1.54) is 12.3 Å². The van der Waals surface area contributed by atoms with Gasteiger partial charge in [0.05, 0.1) is 10.7 Å². The monoisotopic (exact) mass is 371 g/mol. The van der Waals surface area contributed by atoms with E-state index < -0.39 is 11.9 Å². The Hall–Kier alpha value is -3.20. The van der Waals surface area contributed by atoms with Crippen molar-refractivity contribution in [2.75, 3.05) is 10.5 Å². The molecule has 0 atom stereocenters. The van der Waals surface area contributed by atoms with Crippen LogP contribution in [0.15, 0.2) is 47.2 Å². The zero-order valence-corrected chi connectivity index (χ0v) is 13.8. The maximum atomic E-state index is 13.0. The normalized spacial score (nSPS) is 10.2. The molecule has 0 fully saturated rings. The molecule has 2 heterocycles. The molecule has 26 heavy (non-hydrogen) atoms. The summed E-state index contributed by atoms with van der Waals surface area (Å²) in [6.07, 6.45) is 3.03. The number of pyridine rings is 1. The Morgan fingerprint density at radius 3 is 2.81 bits per heavy atom. The molecule has 0 saturated carbocycles. The van der Waals surface area contributed by atoms with E-state index in [0.29, 0.717) is 28.0 Å². The molecule has 0 spiro atoms. The second-order valence-electron chi connectivity index (χ2n) is 5.00. The molecule has 0 unspecified atom stereocenters. The van der Waals surface area contributed by atoms with E-state index in [0.717, 1.165) is 13.7 Å². The standard InChI is InChI=1S/C16H10BClFN4O3/c18-11-3-1-9(10-2-4-14(19)20-6-10)5-12(11)21-15(25)13-7-26-16(22-13)23-17-8-24/h1-8H,(H,21,25)(H,22,23). The van der Waals surface area contributed by atoms with Crippen LogP contribution in [-0.4, -0.2) is 29.5 Å². The van der Waals surface area contributed by atoms with Crippen LogP contribution in [-0.2, 0) is 4.79 Å². The number of hydrogen-bond acceptors (Lipinski definition) is 6. The number of anilines is 2. The van der Waals surface area contributed by atoms with E-state index >= 15 is 0 Å². The summed E-state index contributed by atoms with van der Waals surface area (Å²) in [7, 11) is 1.07. The molecule has 3 aromatic rings. The highest BCUT2D eigenvalue weighted by Crippen LogP contribution is 2.29. The smallest absolute Gasteiger partial charge is 0.329 e. The lowest BCUT2D eigenvalue weighted by atomic mass is 10.0. The van der Waals surface area contributed by atoms with Crippen molar-refractivity contribution in [3.63, 3.8) is 0 Å². The van der Waals surface area contributed by atoms with Crippen LogP contribution in [0.5, 0.6) is 0 Å². The van der Waals surface area contributed by atoms with Crippen molar-refractivity contribution in [2.24, 2.45) is 0 Å². The van der Waals surface area contributed by atoms with Gasteiger partial charge in [-0.2, -0.15) is 9.37 Å². The van der Waals surface area contributed by atoms with Crippen molar-refractivity contribution >= 4 is 42.8 Å². The molecule has 10 heteroatoms. The van der Waals surface area contributed by atoms with Crippen LogP contribution < -0.4 is 10.5 Å². The largest absolute Gasteiger partial charge is 0.432 e. The van der Waals surface area contributed by atoms with Gasteiger partial charge in [0.25, 0.3) is 11.9 Å². The summed E-state index contributed by atoms with van der Waals surface area (Å²) in [5, 5.41) is 5.40. The lowest BCUT2D eigenvalue weighted by molar-refractivity contribution is 0.102. The third kappa shape index (κ3) is 4.07. The summed E-state index contributed by atoms with van der Waals surface area (Å²) >= 11 is 6.12. The van der Waals surface area contributed by atoms with Gasteiger partial charge in [-0.15, -0.1) is 0 Å². The first kappa shape index (κ1) is 17.6. The van der Waals surface area contributed by atoms with Gasteiger partial charge in [-0.25, -0.2) is 4.98 Å². The van der Waals surface area contributed by atoms with E-state index in [2.05, 4.69) is 20.5 Å². The quantitative estimate of drug-likeness (QED) is 0.393. The third-order valence-corrected chi connectivity index (χ3v) is 3.62. The average molecular weight is 372 g/mol. The van der Waals surface area contributed by atoms with E-state index in [1.807, 2.05) is 0 Å². The van der Waals surface area contributed by atoms with Gasteiger partial charge in [0, 0.05) is 11.8 Å². The van der Waals surface area contributed by atoms with Crippen molar-refractivity contribution < 1.29 is 18.4 Å². The highest BCUT2D eigenvalue weighted by molar-refractivity contribution is 6.69. The zero-order valence-electron chi connectivity index (χ0n) is 13.1. The van der Waals surface area contributed by atoms with E-state index in [1.54, 1.807) is 24.3 Å². The SMILES string of the molecule is O=C[B]Nc1nc(C(=O)Nc2cc(-c3ccc(F)nc3)ccc2Cl)co1. The minimum atomic E-state index is -0.585. The van der Waals surface area contributed by atoms with E-state index in [-0.39, 0.29) is 11.7 Å². The Morgan fingerprint density at radius 2 is 2.08 bits per heavy atom. The predicted octanol–water partition coefficient (Wildman–Crippen LogP) is 3.00. The molecule has 1 aromatic carbocycles. The van der Waals surface area contributed by atoms with Crippen LogP contribution in [0.4, 0.5) is 16.1 Å². The molecule has 3 rings (SSSR count). The number of nitrogens with zero attached hydrogens (tertiary/aromatic N) is 2. The summed E-state index contributed by atoms with van der Waals surface area (Å²) in [6, 6.07) is 7.76. The Labute approximate surface area is 152 Å². The Bertz CT molecular complexity index is 949. The van der Waals surface area contributed by atoms with Crippen molar-refractivity contribution in [3.05, 3.63) is 59.5 Å². The second-order valence-corrected chi connectivity index (χ2v) is 5.41. The first-order valence-electron chi connectivity index (χ1n) is 7.28. The lowest BCUT2D eigenvalue weighted by Crippen LogP contribution is -2.13. The molecule has 1 radical (unpaired) electrons. The number of hydrogen-bond donors (Lipinski definition) is 2. The van der Waals surface area contributed by atoms with Gasteiger partial charge in [0.15, 0.2) is 5.69 Å². The molecule has 2 N–H and O–H groups in total. The van der Waals surface area contributed by atoms with Gasteiger partial charge in [-0.05, 0) is 29.8 Å². The van der Waals surface area contributed by atoms with E-state index in [4.69, 9.17) is 16.0 Å². The molecule has 0 aliphatic rings. The van der Waals surface area contributed by atoms with Crippen LogP contribution in [0, 0.1) is 5.95 Å². The summed E-state index contributed by atoms with van der Waals surface area (Å²) in [5.41, 5.74) is 1.70. The summed E-state index contributed by atoms with van der Waals surface area (Å²) in [5.74, 6) is -1.14. The number of amides is 1. The molecule has 129 valence electrons. The topological polar surface area (TPSA) is 97.1 Å². The Morgan fingerprint density at radius 1 is 1.27 bits per heavy atom. The second kappa shape index (κ2) is 7.79. The van der Waals surface area contributed by atoms with Gasteiger partial charge in [-0.3, -0.25) is 4.79 Å². The number of halogens is 2. The lowest BCUT2D eigenvalue weighted by Gasteiger charge is -2.08. The van der Waals surface area contributed by atoms with Crippen LogP contribution in [0.25, 0.3) is 11.1 Å². The van der Waals surface area contributed by atoms with Gasteiger partial charge in [-0.1, -0.05) is 17.7 Å². The van der Waals surface area contributed by atoms with Crippen LogP contribution in [0.1, 0.15) is 10.5 Å². The van der Waals surface area contributed by atoms with Crippen LogP contribution >= 0.6 is 11.6 Å².